The molecule has 0 amide bonds. The molecule has 1 N–H and O–H groups in total. The molecule has 0 aromatic heterocycles. The first-order chi connectivity index (χ1) is 8.55. The van der Waals surface area contributed by atoms with Crippen LogP contribution >= 0.6 is 0 Å². The molecule has 1 heterocycles. The first kappa shape index (κ1) is 13.2. The van der Waals surface area contributed by atoms with Crippen LogP contribution < -0.4 is 10.1 Å². The van der Waals surface area contributed by atoms with Crippen molar-refractivity contribution in [1.82, 2.24) is 5.32 Å². The number of morpholine rings is 1. The number of hydrogen-bond donors (Lipinski definition) is 1. The molecule has 1 aromatic carbocycles. The van der Waals surface area contributed by atoms with Crippen molar-refractivity contribution >= 4 is 0 Å². The molecule has 6 heteroatoms. The average molecular weight is 261 g/mol. The fourth-order valence-corrected chi connectivity index (χ4v) is 1.66. The summed E-state index contributed by atoms with van der Waals surface area (Å²) in [6, 6.07) is 4.66. The topological polar surface area (TPSA) is 30.5 Å². The first-order valence-electron chi connectivity index (χ1n) is 5.68. The molecule has 3 nitrogen and oxygen atoms in total. The Labute approximate surface area is 103 Å². The molecule has 1 saturated heterocycles. The lowest BCUT2D eigenvalue weighted by molar-refractivity contribution is -0.137. The van der Waals surface area contributed by atoms with Crippen molar-refractivity contribution in [3.63, 3.8) is 0 Å². The largest absolute Gasteiger partial charge is 0.491 e. The van der Waals surface area contributed by atoms with Gasteiger partial charge < -0.3 is 14.8 Å². The number of alkyl halides is 3. The third-order valence-electron chi connectivity index (χ3n) is 2.62. The van der Waals surface area contributed by atoms with Crippen molar-refractivity contribution in [1.29, 1.82) is 0 Å². The number of hydrogen-bond acceptors (Lipinski definition) is 3. The van der Waals surface area contributed by atoms with Crippen molar-refractivity contribution in [3.05, 3.63) is 29.8 Å². The minimum absolute atomic E-state index is 0.0546. The van der Waals surface area contributed by atoms with Gasteiger partial charge in [0.25, 0.3) is 0 Å². The maximum Gasteiger partial charge on any atom is 0.416 e. The summed E-state index contributed by atoms with van der Waals surface area (Å²) in [5.41, 5.74) is -0.676. The molecule has 1 unspecified atom stereocenters. The van der Waals surface area contributed by atoms with Crippen molar-refractivity contribution < 1.29 is 22.6 Å². The van der Waals surface area contributed by atoms with Gasteiger partial charge in [-0.2, -0.15) is 13.2 Å². The quantitative estimate of drug-likeness (QED) is 0.903. The van der Waals surface area contributed by atoms with Crippen LogP contribution in [0.5, 0.6) is 5.75 Å². The number of halogens is 3. The molecule has 1 aromatic rings. The van der Waals surface area contributed by atoms with Gasteiger partial charge in [0.05, 0.1) is 12.2 Å². The van der Waals surface area contributed by atoms with E-state index < -0.39 is 11.7 Å². The summed E-state index contributed by atoms with van der Waals surface area (Å²) < 4.78 is 47.8. The van der Waals surface area contributed by atoms with E-state index in [0.29, 0.717) is 25.5 Å². The van der Waals surface area contributed by atoms with Crippen LogP contribution in [0, 0.1) is 0 Å². The van der Waals surface area contributed by atoms with E-state index in [1.54, 1.807) is 0 Å². The standard InChI is InChI=1S/C12H14F3NO2/c13-12(14,15)9-1-3-10(4-2-9)18-8-11-7-16-5-6-17-11/h1-4,11,16H,5-8H2. The maximum absolute atomic E-state index is 12.3. The molecule has 100 valence electrons. The van der Waals surface area contributed by atoms with Crippen molar-refractivity contribution in [3.8, 4) is 5.75 Å². The zero-order chi connectivity index (χ0) is 13.0. The summed E-state index contributed by atoms with van der Waals surface area (Å²) in [6.07, 6.45) is -4.37. The monoisotopic (exact) mass is 261 g/mol. The van der Waals surface area contributed by atoms with E-state index in [1.165, 1.54) is 12.1 Å². The molecule has 0 bridgehead atoms. The number of nitrogens with one attached hydrogen (secondary N) is 1. The lowest BCUT2D eigenvalue weighted by atomic mass is 10.2. The second kappa shape index (κ2) is 5.58. The Morgan fingerprint density at radius 3 is 2.56 bits per heavy atom. The third-order valence-corrected chi connectivity index (χ3v) is 2.62. The van der Waals surface area contributed by atoms with Crippen LogP contribution in [0.25, 0.3) is 0 Å². The number of benzene rings is 1. The average Bonchev–Trinajstić information content (AvgIpc) is 2.37. The van der Waals surface area contributed by atoms with E-state index >= 15 is 0 Å². The van der Waals surface area contributed by atoms with Crippen LogP contribution in [-0.4, -0.2) is 32.4 Å². The Morgan fingerprint density at radius 1 is 1.28 bits per heavy atom. The van der Waals surface area contributed by atoms with E-state index in [4.69, 9.17) is 9.47 Å². The van der Waals surface area contributed by atoms with Gasteiger partial charge in [0.2, 0.25) is 0 Å². The van der Waals surface area contributed by atoms with Crippen LogP contribution in [0.15, 0.2) is 24.3 Å². The second-order valence-electron chi connectivity index (χ2n) is 4.03. The Kier molecular flexibility index (Phi) is 4.08. The predicted molar refractivity (Wildman–Crippen MR) is 59.5 cm³/mol. The van der Waals surface area contributed by atoms with Gasteiger partial charge in [0, 0.05) is 13.1 Å². The van der Waals surface area contributed by atoms with Crippen molar-refractivity contribution in [2.75, 3.05) is 26.3 Å². The number of rotatable bonds is 3. The van der Waals surface area contributed by atoms with E-state index in [-0.39, 0.29) is 6.10 Å². The maximum atomic E-state index is 12.3. The summed E-state index contributed by atoms with van der Waals surface area (Å²) >= 11 is 0. The fraction of sp³-hybridized carbons (Fsp3) is 0.500. The molecule has 1 fully saturated rings. The molecule has 0 aliphatic carbocycles. The van der Waals surface area contributed by atoms with Gasteiger partial charge in [0.15, 0.2) is 0 Å². The molecule has 18 heavy (non-hydrogen) atoms. The van der Waals surface area contributed by atoms with Crippen LogP contribution in [0.3, 0.4) is 0 Å². The van der Waals surface area contributed by atoms with Gasteiger partial charge in [-0.05, 0) is 24.3 Å². The summed E-state index contributed by atoms with van der Waals surface area (Å²) in [7, 11) is 0. The van der Waals surface area contributed by atoms with Gasteiger partial charge >= 0.3 is 6.18 Å². The molecule has 1 atom stereocenters. The highest BCUT2D eigenvalue weighted by Gasteiger charge is 2.30. The minimum atomic E-state index is -4.31. The van der Waals surface area contributed by atoms with Gasteiger partial charge in [-0.3, -0.25) is 0 Å². The lowest BCUT2D eigenvalue weighted by Crippen LogP contribution is -2.41. The minimum Gasteiger partial charge on any atom is -0.491 e. The second-order valence-corrected chi connectivity index (χ2v) is 4.03. The molecule has 2 rings (SSSR count). The van der Waals surface area contributed by atoms with Crippen molar-refractivity contribution in [2.24, 2.45) is 0 Å². The van der Waals surface area contributed by atoms with Crippen LogP contribution in [-0.2, 0) is 10.9 Å². The molecule has 0 radical (unpaired) electrons. The smallest absolute Gasteiger partial charge is 0.416 e. The van der Waals surface area contributed by atoms with E-state index in [2.05, 4.69) is 5.32 Å². The third kappa shape index (κ3) is 3.61. The lowest BCUT2D eigenvalue weighted by Gasteiger charge is -2.23. The molecule has 1 aliphatic rings. The van der Waals surface area contributed by atoms with Crippen molar-refractivity contribution in [2.45, 2.75) is 12.3 Å². The highest BCUT2D eigenvalue weighted by Crippen LogP contribution is 2.30. The molecule has 0 saturated carbocycles. The molecular weight excluding hydrogens is 247 g/mol. The summed E-state index contributed by atoms with van der Waals surface area (Å²) in [4.78, 5) is 0. The Hall–Kier alpha value is -1.27. The van der Waals surface area contributed by atoms with Gasteiger partial charge in [0.1, 0.15) is 18.5 Å². The summed E-state index contributed by atoms with van der Waals surface area (Å²) in [5, 5.41) is 3.15. The zero-order valence-electron chi connectivity index (χ0n) is 9.67. The first-order valence-corrected chi connectivity index (χ1v) is 5.68. The van der Waals surface area contributed by atoms with Crippen LogP contribution in [0.1, 0.15) is 5.56 Å². The molecule has 1 aliphatic heterocycles. The zero-order valence-corrected chi connectivity index (χ0v) is 9.67. The highest BCUT2D eigenvalue weighted by atomic mass is 19.4. The predicted octanol–water partition coefficient (Wildman–Crippen LogP) is 2.07. The van der Waals surface area contributed by atoms with E-state index in [9.17, 15) is 13.2 Å². The normalized spacial score (nSPS) is 20.7. The van der Waals surface area contributed by atoms with E-state index in [1.807, 2.05) is 0 Å². The molecular formula is C12H14F3NO2. The fourth-order valence-electron chi connectivity index (χ4n) is 1.66. The van der Waals surface area contributed by atoms with E-state index in [0.717, 1.165) is 18.7 Å². The highest BCUT2D eigenvalue weighted by molar-refractivity contribution is 5.28. The summed E-state index contributed by atoms with van der Waals surface area (Å²) in [6.45, 7) is 2.47. The van der Waals surface area contributed by atoms with Gasteiger partial charge in [-0.25, -0.2) is 0 Å². The van der Waals surface area contributed by atoms with Gasteiger partial charge in [-0.15, -0.1) is 0 Å². The van der Waals surface area contributed by atoms with Crippen LogP contribution in [0.4, 0.5) is 13.2 Å². The Balaban J connectivity index is 1.86. The van der Waals surface area contributed by atoms with Crippen LogP contribution in [0.2, 0.25) is 0 Å². The SMILES string of the molecule is FC(F)(F)c1ccc(OCC2CNCCO2)cc1. The summed E-state index contributed by atoms with van der Waals surface area (Å²) in [5.74, 6) is 0.414. The Bertz CT molecular complexity index is 372. The Morgan fingerprint density at radius 2 is 2.00 bits per heavy atom. The molecule has 0 spiro atoms. The van der Waals surface area contributed by atoms with Gasteiger partial charge in [-0.1, -0.05) is 0 Å². The number of ether oxygens (including phenoxy) is 2.